The number of hydrogen-bond donors (Lipinski definition) is 0. The number of likely N-dealkylation sites (N-methyl/N-ethyl adjacent to an activating group) is 1. The van der Waals surface area contributed by atoms with Gasteiger partial charge in [0.15, 0.2) is 0 Å². The molecular formula is C16H22NO+. The van der Waals surface area contributed by atoms with E-state index in [2.05, 4.69) is 56.6 Å². The molecule has 18 heavy (non-hydrogen) atoms. The summed E-state index contributed by atoms with van der Waals surface area (Å²) in [5.74, 6) is 0. The van der Waals surface area contributed by atoms with Crippen molar-refractivity contribution < 1.29 is 9.22 Å². The maximum absolute atomic E-state index is 5.17. The van der Waals surface area contributed by atoms with Gasteiger partial charge in [-0.1, -0.05) is 36.4 Å². The number of fused-ring (bicyclic) bond motifs is 1. The molecule has 0 saturated carbocycles. The van der Waals surface area contributed by atoms with Gasteiger partial charge in [-0.2, -0.15) is 0 Å². The van der Waals surface area contributed by atoms with Gasteiger partial charge in [-0.3, -0.25) is 0 Å². The molecule has 2 aromatic carbocycles. The van der Waals surface area contributed by atoms with Gasteiger partial charge < -0.3 is 9.22 Å². The highest BCUT2D eigenvalue weighted by atomic mass is 16.5. The van der Waals surface area contributed by atoms with E-state index >= 15 is 0 Å². The number of nitrogens with zero attached hydrogens (tertiary/aromatic N) is 1. The fourth-order valence-corrected chi connectivity index (χ4v) is 2.25. The number of hydrogen-bond acceptors (Lipinski definition) is 1. The lowest BCUT2D eigenvalue weighted by Gasteiger charge is -2.29. The molecule has 96 valence electrons. The van der Waals surface area contributed by atoms with Crippen molar-refractivity contribution in [3.8, 4) is 0 Å². The second-order valence-electron chi connectivity index (χ2n) is 5.49. The number of benzene rings is 2. The van der Waals surface area contributed by atoms with Crippen LogP contribution in [0.2, 0.25) is 0 Å². The smallest absolute Gasteiger partial charge is 0.104 e. The summed E-state index contributed by atoms with van der Waals surface area (Å²) in [6.45, 7) is 2.87. The van der Waals surface area contributed by atoms with E-state index in [1.54, 1.807) is 7.11 Å². The molecule has 0 aliphatic carbocycles. The van der Waals surface area contributed by atoms with E-state index in [9.17, 15) is 0 Å². The Balaban J connectivity index is 2.16. The van der Waals surface area contributed by atoms with E-state index in [1.165, 1.54) is 16.3 Å². The highest BCUT2D eigenvalue weighted by molar-refractivity contribution is 5.82. The van der Waals surface area contributed by atoms with Gasteiger partial charge in [-0.15, -0.1) is 0 Å². The first kappa shape index (κ1) is 13.1. The Hall–Kier alpha value is -1.38. The summed E-state index contributed by atoms with van der Waals surface area (Å²) in [6, 6.07) is 15.2. The van der Waals surface area contributed by atoms with Crippen LogP contribution in [-0.2, 0) is 11.3 Å². The summed E-state index contributed by atoms with van der Waals surface area (Å²) in [5.41, 5.74) is 1.38. The predicted molar refractivity (Wildman–Crippen MR) is 76.5 cm³/mol. The topological polar surface area (TPSA) is 9.23 Å². The molecule has 2 aromatic rings. The summed E-state index contributed by atoms with van der Waals surface area (Å²) >= 11 is 0. The highest BCUT2D eigenvalue weighted by Gasteiger charge is 2.15. The summed E-state index contributed by atoms with van der Waals surface area (Å²) in [4.78, 5) is 0. The molecule has 0 atom stereocenters. The van der Waals surface area contributed by atoms with Crippen molar-refractivity contribution in [3.05, 3.63) is 48.0 Å². The lowest BCUT2D eigenvalue weighted by atomic mass is 10.1. The number of ether oxygens (including phenoxy) is 1. The first-order chi connectivity index (χ1) is 8.61. The van der Waals surface area contributed by atoms with Crippen molar-refractivity contribution in [1.29, 1.82) is 0 Å². The van der Waals surface area contributed by atoms with Crippen LogP contribution in [0.3, 0.4) is 0 Å². The molecule has 0 aromatic heterocycles. The quantitative estimate of drug-likeness (QED) is 0.735. The molecule has 0 radical (unpaired) electrons. The van der Waals surface area contributed by atoms with Crippen LogP contribution in [0.5, 0.6) is 0 Å². The summed E-state index contributed by atoms with van der Waals surface area (Å²) in [7, 11) is 6.25. The maximum atomic E-state index is 5.17. The van der Waals surface area contributed by atoms with Gasteiger partial charge in [0.2, 0.25) is 0 Å². The van der Waals surface area contributed by atoms with E-state index in [-0.39, 0.29) is 0 Å². The van der Waals surface area contributed by atoms with Gasteiger partial charge in [-0.25, -0.2) is 0 Å². The average molecular weight is 244 g/mol. The first-order valence-corrected chi connectivity index (χ1v) is 6.39. The van der Waals surface area contributed by atoms with Crippen molar-refractivity contribution in [1.82, 2.24) is 0 Å². The lowest BCUT2D eigenvalue weighted by Crippen LogP contribution is -2.41. The molecule has 2 nitrogen and oxygen atoms in total. The van der Waals surface area contributed by atoms with Crippen LogP contribution in [0.1, 0.15) is 5.56 Å². The normalized spacial score (nSPS) is 11.9. The second-order valence-corrected chi connectivity index (χ2v) is 5.49. The Bertz CT molecular complexity index is 519. The summed E-state index contributed by atoms with van der Waals surface area (Å²) in [5, 5.41) is 2.63. The van der Waals surface area contributed by atoms with Gasteiger partial charge in [0.25, 0.3) is 0 Å². The second kappa shape index (κ2) is 5.51. The van der Waals surface area contributed by atoms with Crippen LogP contribution in [-0.4, -0.2) is 38.8 Å². The number of rotatable bonds is 5. The van der Waals surface area contributed by atoms with Crippen LogP contribution >= 0.6 is 0 Å². The minimum atomic E-state index is 0.806. The van der Waals surface area contributed by atoms with Crippen molar-refractivity contribution in [3.63, 3.8) is 0 Å². The summed E-state index contributed by atoms with van der Waals surface area (Å²) < 4.78 is 6.12. The van der Waals surface area contributed by atoms with Gasteiger partial charge in [0, 0.05) is 12.7 Å². The number of quaternary nitrogens is 1. The third-order valence-corrected chi connectivity index (χ3v) is 3.33. The Morgan fingerprint density at radius 3 is 2.44 bits per heavy atom. The Morgan fingerprint density at radius 1 is 1.00 bits per heavy atom. The molecule has 0 saturated heterocycles. The van der Waals surface area contributed by atoms with E-state index in [4.69, 9.17) is 4.74 Å². The predicted octanol–water partition coefficient (Wildman–Crippen LogP) is 3.06. The van der Waals surface area contributed by atoms with Crippen molar-refractivity contribution in [2.75, 3.05) is 34.4 Å². The van der Waals surface area contributed by atoms with Crippen LogP contribution < -0.4 is 0 Å². The Morgan fingerprint density at radius 2 is 1.72 bits per heavy atom. The highest BCUT2D eigenvalue weighted by Crippen LogP contribution is 2.18. The van der Waals surface area contributed by atoms with E-state index in [0.29, 0.717) is 0 Å². The molecule has 0 heterocycles. The van der Waals surface area contributed by atoms with Crippen LogP contribution in [0, 0.1) is 0 Å². The first-order valence-electron chi connectivity index (χ1n) is 6.39. The zero-order valence-corrected chi connectivity index (χ0v) is 11.5. The Labute approximate surface area is 109 Å². The molecule has 0 aliphatic heterocycles. The monoisotopic (exact) mass is 244 g/mol. The maximum Gasteiger partial charge on any atom is 0.104 e. The van der Waals surface area contributed by atoms with Gasteiger partial charge in [0.05, 0.1) is 20.7 Å². The van der Waals surface area contributed by atoms with Crippen LogP contribution in [0.25, 0.3) is 10.8 Å². The van der Waals surface area contributed by atoms with Crippen LogP contribution in [0.15, 0.2) is 42.5 Å². The number of methoxy groups -OCH3 is 1. The van der Waals surface area contributed by atoms with E-state index in [0.717, 1.165) is 24.2 Å². The van der Waals surface area contributed by atoms with Crippen LogP contribution in [0.4, 0.5) is 0 Å². The van der Waals surface area contributed by atoms with Crippen molar-refractivity contribution in [2.24, 2.45) is 0 Å². The summed E-state index contributed by atoms with van der Waals surface area (Å²) in [6.07, 6.45) is 0. The standard InChI is InChI=1S/C16H22NO/c1-17(2,10-11-18-3)13-14-8-9-15-6-4-5-7-16(15)12-14/h4-9,12H,10-11,13H2,1-3H3/q+1. The molecule has 2 heteroatoms. The molecule has 0 spiro atoms. The fraction of sp³-hybridized carbons (Fsp3) is 0.375. The lowest BCUT2D eigenvalue weighted by molar-refractivity contribution is -0.903. The molecular weight excluding hydrogens is 222 g/mol. The van der Waals surface area contributed by atoms with Gasteiger partial charge in [-0.05, 0) is 16.8 Å². The van der Waals surface area contributed by atoms with Gasteiger partial charge >= 0.3 is 0 Å². The third-order valence-electron chi connectivity index (χ3n) is 3.33. The zero-order chi connectivity index (χ0) is 13.0. The SMILES string of the molecule is COCC[N+](C)(C)Cc1ccc2ccccc2c1. The minimum Gasteiger partial charge on any atom is -0.379 e. The third kappa shape index (κ3) is 3.31. The van der Waals surface area contributed by atoms with E-state index in [1.807, 2.05) is 0 Å². The van der Waals surface area contributed by atoms with Gasteiger partial charge in [0.1, 0.15) is 13.1 Å². The minimum absolute atomic E-state index is 0.806. The zero-order valence-electron chi connectivity index (χ0n) is 11.5. The largest absolute Gasteiger partial charge is 0.379 e. The fourth-order valence-electron chi connectivity index (χ4n) is 2.25. The molecule has 0 bridgehead atoms. The van der Waals surface area contributed by atoms with Crippen molar-refractivity contribution in [2.45, 2.75) is 6.54 Å². The molecule has 0 fully saturated rings. The molecule has 0 aliphatic rings. The molecule has 2 rings (SSSR count). The van der Waals surface area contributed by atoms with Crippen molar-refractivity contribution >= 4 is 10.8 Å². The Kier molecular flexibility index (Phi) is 4.00. The molecule has 0 N–H and O–H groups in total. The average Bonchev–Trinajstić information content (AvgIpc) is 2.36. The molecule has 0 unspecified atom stereocenters. The van der Waals surface area contributed by atoms with E-state index < -0.39 is 0 Å². The molecule has 0 amide bonds.